The maximum absolute atomic E-state index is 6.86. The average Bonchev–Trinajstić information content (AvgIpc) is 3.69. The number of hydrogen-bond acceptors (Lipinski definition) is 3. The van der Waals surface area contributed by atoms with Gasteiger partial charge in [-0.15, -0.1) is 0 Å². The van der Waals surface area contributed by atoms with Crippen LogP contribution in [0, 0.1) is 0 Å². The maximum Gasteiger partial charge on any atom is 0.160 e. The van der Waals surface area contributed by atoms with Gasteiger partial charge in [-0.1, -0.05) is 176 Å². The van der Waals surface area contributed by atoms with Crippen molar-refractivity contribution in [2.45, 2.75) is 0 Å². The molecule has 3 nitrogen and oxygen atoms in total. The van der Waals surface area contributed by atoms with Gasteiger partial charge in [-0.25, -0.2) is 9.97 Å². The third-order valence-electron chi connectivity index (χ3n) is 11.1. The summed E-state index contributed by atoms with van der Waals surface area (Å²) < 4.78 is 6.86. The molecule has 0 saturated heterocycles. The maximum atomic E-state index is 6.86. The minimum absolute atomic E-state index is 0.671. The van der Waals surface area contributed by atoms with Gasteiger partial charge in [0.1, 0.15) is 11.2 Å². The number of para-hydroxylation sites is 1. The van der Waals surface area contributed by atoms with Gasteiger partial charge < -0.3 is 4.42 Å². The van der Waals surface area contributed by atoms with E-state index in [1.807, 2.05) is 6.07 Å². The molecule has 11 aromatic rings. The van der Waals surface area contributed by atoms with Crippen LogP contribution in [0.5, 0.6) is 0 Å². The van der Waals surface area contributed by atoms with E-state index in [1.54, 1.807) is 0 Å². The van der Waals surface area contributed by atoms with E-state index in [9.17, 15) is 0 Å². The molecule has 0 unspecified atom stereocenters. The van der Waals surface area contributed by atoms with Crippen molar-refractivity contribution in [1.82, 2.24) is 9.97 Å². The molecule has 0 radical (unpaired) electrons. The summed E-state index contributed by atoms with van der Waals surface area (Å²) in [6, 6.07) is 72.6. The Bertz CT molecular complexity index is 3200. The second kappa shape index (κ2) is 13.6. The van der Waals surface area contributed by atoms with Crippen molar-refractivity contribution in [2.75, 3.05) is 0 Å². The second-order valence-electron chi connectivity index (χ2n) is 14.5. The Morgan fingerprint density at radius 2 is 0.825 bits per heavy atom. The zero-order valence-corrected chi connectivity index (χ0v) is 30.9. The largest absolute Gasteiger partial charge is 0.455 e. The SMILES string of the molecule is c1ccc(-c2cc(-c3ccccc3)cc(-c3cc(-c4ccccc4)nc(-c4ccc(-c5cccc6c5oc5c6ccc6ccc7ccccc7c65)cc4)n3)c2)cc1. The highest BCUT2D eigenvalue weighted by Gasteiger charge is 2.17. The molecule has 9 aromatic carbocycles. The Morgan fingerprint density at radius 3 is 1.53 bits per heavy atom. The topological polar surface area (TPSA) is 38.9 Å². The van der Waals surface area contributed by atoms with Crippen molar-refractivity contribution in [1.29, 1.82) is 0 Å². The fraction of sp³-hybridized carbons (Fsp3) is 0. The lowest BCUT2D eigenvalue weighted by Gasteiger charge is -2.13. The van der Waals surface area contributed by atoms with Crippen LogP contribution in [0.3, 0.4) is 0 Å². The van der Waals surface area contributed by atoms with Gasteiger partial charge >= 0.3 is 0 Å². The van der Waals surface area contributed by atoms with Gasteiger partial charge in [0.05, 0.1) is 11.4 Å². The van der Waals surface area contributed by atoms with Crippen molar-refractivity contribution in [3.05, 3.63) is 206 Å². The van der Waals surface area contributed by atoms with E-state index in [2.05, 4.69) is 200 Å². The van der Waals surface area contributed by atoms with Crippen molar-refractivity contribution in [3.8, 4) is 67.3 Å². The highest BCUT2D eigenvalue weighted by molar-refractivity contribution is 6.24. The second-order valence-corrected chi connectivity index (χ2v) is 14.5. The van der Waals surface area contributed by atoms with Crippen molar-refractivity contribution in [2.24, 2.45) is 0 Å². The van der Waals surface area contributed by atoms with Gasteiger partial charge in [0.25, 0.3) is 0 Å². The minimum atomic E-state index is 0.671. The van der Waals surface area contributed by atoms with E-state index in [0.717, 1.165) is 88.8 Å². The average molecular weight is 727 g/mol. The lowest BCUT2D eigenvalue weighted by molar-refractivity contribution is 0.674. The summed E-state index contributed by atoms with van der Waals surface area (Å²) >= 11 is 0. The van der Waals surface area contributed by atoms with Crippen LogP contribution in [0.2, 0.25) is 0 Å². The third kappa shape index (κ3) is 5.85. The number of hydrogen-bond donors (Lipinski definition) is 0. The molecule has 0 N–H and O–H groups in total. The third-order valence-corrected chi connectivity index (χ3v) is 11.1. The van der Waals surface area contributed by atoms with Crippen molar-refractivity contribution >= 4 is 43.5 Å². The predicted molar refractivity (Wildman–Crippen MR) is 237 cm³/mol. The monoisotopic (exact) mass is 726 g/mol. The first-order chi connectivity index (χ1) is 28.2. The van der Waals surface area contributed by atoms with E-state index in [4.69, 9.17) is 14.4 Å². The molecule has 0 spiro atoms. The minimum Gasteiger partial charge on any atom is -0.455 e. The lowest BCUT2D eigenvalue weighted by Crippen LogP contribution is -1.96. The predicted octanol–water partition coefficient (Wildman–Crippen LogP) is 14.7. The van der Waals surface area contributed by atoms with Gasteiger partial charge in [0.15, 0.2) is 5.82 Å². The van der Waals surface area contributed by atoms with E-state index >= 15 is 0 Å². The molecule has 266 valence electrons. The van der Waals surface area contributed by atoms with Crippen LogP contribution in [-0.4, -0.2) is 9.97 Å². The van der Waals surface area contributed by atoms with Crippen LogP contribution >= 0.6 is 0 Å². The summed E-state index contributed by atoms with van der Waals surface area (Å²) in [4.78, 5) is 10.4. The first-order valence-corrected chi connectivity index (χ1v) is 19.3. The molecule has 0 bridgehead atoms. The van der Waals surface area contributed by atoms with Gasteiger partial charge in [-0.2, -0.15) is 0 Å². The zero-order valence-electron chi connectivity index (χ0n) is 30.9. The molecule has 3 heteroatoms. The number of rotatable bonds is 6. The Kier molecular flexibility index (Phi) is 7.82. The van der Waals surface area contributed by atoms with Gasteiger partial charge in [-0.05, 0) is 74.3 Å². The van der Waals surface area contributed by atoms with Crippen LogP contribution in [0.1, 0.15) is 0 Å². The quantitative estimate of drug-likeness (QED) is 0.160. The Hall–Kier alpha value is -7.62. The molecule has 0 atom stereocenters. The Labute approximate surface area is 330 Å². The molecule has 0 saturated carbocycles. The first kappa shape index (κ1) is 32.8. The summed E-state index contributed by atoms with van der Waals surface area (Å²) in [5, 5.41) is 6.96. The van der Waals surface area contributed by atoms with Crippen LogP contribution in [0.15, 0.2) is 211 Å². The van der Waals surface area contributed by atoms with Gasteiger partial charge in [0, 0.05) is 38.4 Å². The van der Waals surface area contributed by atoms with Crippen LogP contribution in [-0.2, 0) is 0 Å². The number of aromatic nitrogens is 2. The molecule has 11 rings (SSSR count). The van der Waals surface area contributed by atoms with E-state index < -0.39 is 0 Å². The number of furan rings is 1. The van der Waals surface area contributed by atoms with Gasteiger partial charge in [-0.3, -0.25) is 0 Å². The van der Waals surface area contributed by atoms with Crippen LogP contribution in [0.25, 0.3) is 111 Å². The summed E-state index contributed by atoms with van der Waals surface area (Å²) in [6.07, 6.45) is 0. The molecular formula is C54H34N2O. The number of nitrogens with zero attached hydrogens (tertiary/aromatic N) is 2. The molecule has 0 aliphatic heterocycles. The summed E-state index contributed by atoms with van der Waals surface area (Å²) in [7, 11) is 0. The van der Waals surface area contributed by atoms with Crippen LogP contribution in [0.4, 0.5) is 0 Å². The Balaban J connectivity index is 1.04. The molecular weight excluding hydrogens is 693 g/mol. The molecule has 0 aliphatic rings. The molecule has 0 fully saturated rings. The van der Waals surface area contributed by atoms with E-state index in [0.29, 0.717) is 5.82 Å². The zero-order chi connectivity index (χ0) is 37.7. The van der Waals surface area contributed by atoms with Gasteiger partial charge in [0.2, 0.25) is 0 Å². The number of benzene rings is 9. The number of fused-ring (bicyclic) bond motifs is 7. The summed E-state index contributed by atoms with van der Waals surface area (Å²) in [5.74, 6) is 0.671. The highest BCUT2D eigenvalue weighted by Crippen LogP contribution is 2.41. The normalized spacial score (nSPS) is 11.5. The standard InChI is InChI=1S/C54H34N2O/c1-4-13-35(14-5-1)42-31-43(36-15-6-2-7-16-36)33-44(32-42)50-34-49(39-18-8-3-9-19-39)55-54(56-50)41-27-24-38(25-28-41)46-21-12-22-47-48-30-29-40-26-23-37-17-10-11-20-45(37)51(40)53(48)57-52(46)47/h1-34H. The smallest absolute Gasteiger partial charge is 0.160 e. The fourth-order valence-electron chi connectivity index (χ4n) is 8.22. The van der Waals surface area contributed by atoms with E-state index in [1.165, 1.54) is 16.2 Å². The first-order valence-electron chi connectivity index (χ1n) is 19.3. The Morgan fingerprint density at radius 1 is 0.298 bits per heavy atom. The summed E-state index contributed by atoms with van der Waals surface area (Å²) in [6.45, 7) is 0. The van der Waals surface area contributed by atoms with E-state index in [-0.39, 0.29) is 0 Å². The van der Waals surface area contributed by atoms with Crippen molar-refractivity contribution in [3.63, 3.8) is 0 Å². The molecule has 57 heavy (non-hydrogen) atoms. The molecule has 0 amide bonds. The summed E-state index contributed by atoms with van der Waals surface area (Å²) in [5.41, 5.74) is 13.3. The van der Waals surface area contributed by atoms with Crippen molar-refractivity contribution < 1.29 is 4.42 Å². The lowest BCUT2D eigenvalue weighted by atomic mass is 9.94. The highest BCUT2D eigenvalue weighted by atomic mass is 16.3. The molecule has 2 aromatic heterocycles. The molecule has 2 heterocycles. The fourth-order valence-corrected chi connectivity index (χ4v) is 8.22. The van der Waals surface area contributed by atoms with Crippen LogP contribution < -0.4 is 0 Å². The molecule has 0 aliphatic carbocycles.